The maximum absolute atomic E-state index is 5.54. The molecule has 0 spiro atoms. The van der Waals surface area contributed by atoms with Gasteiger partial charge >= 0.3 is 0 Å². The Balaban J connectivity index is 0.00000105. The van der Waals surface area contributed by atoms with E-state index in [9.17, 15) is 0 Å². The van der Waals surface area contributed by atoms with E-state index in [1.807, 2.05) is 27.8 Å². The Kier molecular flexibility index (Phi) is 14.5. The summed E-state index contributed by atoms with van der Waals surface area (Å²) in [6, 6.07) is 0.166. The van der Waals surface area contributed by atoms with E-state index in [1.165, 1.54) is 5.69 Å². The highest BCUT2D eigenvalue weighted by atomic mass is 32.1. The van der Waals surface area contributed by atoms with Gasteiger partial charge in [0.1, 0.15) is 5.76 Å². The molecule has 0 saturated carbocycles. The largest absolute Gasteiger partial charge is 0.496 e. The molecule has 2 atom stereocenters. The molecule has 0 fully saturated rings. The van der Waals surface area contributed by atoms with Crippen LogP contribution in [0.15, 0.2) is 41.0 Å². The van der Waals surface area contributed by atoms with Crippen LogP contribution in [0.25, 0.3) is 0 Å². The molecule has 7 heteroatoms. The van der Waals surface area contributed by atoms with E-state index < -0.39 is 0 Å². The van der Waals surface area contributed by atoms with Gasteiger partial charge in [-0.1, -0.05) is 45.9 Å². The van der Waals surface area contributed by atoms with Crippen molar-refractivity contribution in [3.63, 3.8) is 0 Å². The molecule has 6 N–H and O–H groups in total. The van der Waals surface area contributed by atoms with Gasteiger partial charge in [-0.05, 0) is 51.6 Å². The lowest BCUT2D eigenvalue weighted by atomic mass is 9.84. The number of nitrogens with one attached hydrogen (secondary N) is 2. The van der Waals surface area contributed by atoms with Gasteiger partial charge in [-0.25, -0.2) is 4.98 Å². The molecule has 0 amide bonds. The lowest BCUT2D eigenvalue weighted by Gasteiger charge is -2.22. The molecule has 1 aliphatic rings. The summed E-state index contributed by atoms with van der Waals surface area (Å²) in [7, 11) is 3.53. The van der Waals surface area contributed by atoms with Crippen LogP contribution in [0, 0.1) is 12.3 Å². The maximum atomic E-state index is 5.54. The normalized spacial score (nSPS) is 17.2. The number of hydrazine groups is 1. The second-order valence-corrected chi connectivity index (χ2v) is 8.85. The second-order valence-electron chi connectivity index (χ2n) is 7.79. The maximum Gasteiger partial charge on any atom is 0.121 e. The van der Waals surface area contributed by atoms with Gasteiger partial charge in [-0.15, -0.1) is 11.3 Å². The number of nitrogens with two attached hydrogens (primary N) is 2. The van der Waals surface area contributed by atoms with E-state index in [2.05, 4.69) is 66.2 Å². The van der Waals surface area contributed by atoms with E-state index in [0.29, 0.717) is 0 Å². The fourth-order valence-electron chi connectivity index (χ4n) is 2.73. The molecular weight excluding hydrogens is 394 g/mol. The van der Waals surface area contributed by atoms with Gasteiger partial charge in [0, 0.05) is 17.0 Å². The van der Waals surface area contributed by atoms with Crippen LogP contribution in [0.4, 0.5) is 0 Å². The standard InChI is InChI=1S/C18H27N3OS.C3H10N2.C2H6/c1-13-20-16(12-23-13)11-18(2,3)9-5-6-14-10-15(21-19)7-8-17(14)22-4;1-3(4)5-2;1-2/h5-6,8,10,12,15,21H,7,9,11,19H2,1-4H3;3,5H,4H2,1-2H3;1-2H3/b6-5+;;. The first-order chi connectivity index (χ1) is 14.2. The van der Waals surface area contributed by atoms with Gasteiger partial charge in [0.05, 0.1) is 24.0 Å². The smallest absolute Gasteiger partial charge is 0.121 e. The average Bonchev–Trinajstić information content (AvgIpc) is 3.13. The second kappa shape index (κ2) is 15.3. The number of thiazole rings is 1. The molecule has 0 saturated heterocycles. The van der Waals surface area contributed by atoms with Crippen LogP contribution in [0.5, 0.6) is 0 Å². The van der Waals surface area contributed by atoms with Gasteiger partial charge in [-0.3, -0.25) is 11.3 Å². The van der Waals surface area contributed by atoms with Gasteiger partial charge < -0.3 is 15.8 Å². The van der Waals surface area contributed by atoms with Crippen LogP contribution < -0.4 is 22.3 Å². The van der Waals surface area contributed by atoms with Crippen LogP contribution in [-0.2, 0) is 11.2 Å². The fraction of sp³-hybridized carbons (Fsp3) is 0.609. The summed E-state index contributed by atoms with van der Waals surface area (Å²) >= 11 is 1.72. The molecule has 1 heterocycles. The van der Waals surface area contributed by atoms with E-state index in [0.717, 1.165) is 35.6 Å². The van der Waals surface area contributed by atoms with Crippen LogP contribution in [0.2, 0.25) is 0 Å². The average molecular weight is 438 g/mol. The Hall–Kier alpha value is -1.51. The van der Waals surface area contributed by atoms with E-state index in [-0.39, 0.29) is 17.6 Å². The number of hydrogen-bond acceptors (Lipinski definition) is 7. The quantitative estimate of drug-likeness (QED) is 0.276. The number of methoxy groups -OCH3 is 1. The van der Waals surface area contributed by atoms with Crippen LogP contribution in [-0.4, -0.2) is 31.3 Å². The van der Waals surface area contributed by atoms with Crippen molar-refractivity contribution < 1.29 is 4.74 Å². The van der Waals surface area contributed by atoms with Crippen molar-refractivity contribution in [1.82, 2.24) is 15.7 Å². The van der Waals surface area contributed by atoms with E-state index in [1.54, 1.807) is 18.4 Å². The summed E-state index contributed by atoms with van der Waals surface area (Å²) in [5.74, 6) is 6.46. The van der Waals surface area contributed by atoms with Gasteiger partial charge in [0.25, 0.3) is 0 Å². The number of hydrogen-bond donors (Lipinski definition) is 4. The minimum absolute atomic E-state index is 0.134. The zero-order chi connectivity index (χ0) is 23.2. The zero-order valence-electron chi connectivity index (χ0n) is 20.1. The highest BCUT2D eigenvalue weighted by Gasteiger charge is 2.19. The first kappa shape index (κ1) is 28.5. The molecule has 6 nitrogen and oxygen atoms in total. The lowest BCUT2D eigenvalue weighted by Crippen LogP contribution is -2.34. The molecule has 172 valence electrons. The molecule has 1 aromatic heterocycles. The molecule has 0 aromatic carbocycles. The summed E-state index contributed by atoms with van der Waals surface area (Å²) in [4.78, 5) is 4.57. The minimum atomic E-state index is 0.134. The van der Waals surface area contributed by atoms with Crippen molar-refractivity contribution in [3.05, 3.63) is 51.7 Å². The van der Waals surface area contributed by atoms with Crippen LogP contribution in [0.3, 0.4) is 0 Å². The molecular formula is C23H43N5OS. The van der Waals surface area contributed by atoms with Crippen LogP contribution in [0.1, 0.15) is 58.2 Å². The van der Waals surface area contributed by atoms with Crippen molar-refractivity contribution >= 4 is 11.3 Å². The Labute approximate surface area is 187 Å². The van der Waals surface area contributed by atoms with Gasteiger partial charge in [-0.2, -0.15) is 0 Å². The first-order valence-corrected chi connectivity index (χ1v) is 11.5. The third-order valence-corrected chi connectivity index (χ3v) is 5.23. The zero-order valence-corrected chi connectivity index (χ0v) is 20.9. The molecule has 0 radical (unpaired) electrons. The monoisotopic (exact) mass is 437 g/mol. The lowest BCUT2D eigenvalue weighted by molar-refractivity contribution is 0.297. The Bertz CT molecular complexity index is 677. The third-order valence-electron chi connectivity index (χ3n) is 4.41. The number of nitrogens with zero attached hydrogens (tertiary/aromatic N) is 1. The fourth-order valence-corrected chi connectivity index (χ4v) is 3.34. The number of rotatable bonds is 8. The number of aromatic nitrogens is 1. The topological polar surface area (TPSA) is 98.2 Å². The van der Waals surface area contributed by atoms with Gasteiger partial charge in [0.2, 0.25) is 0 Å². The number of ether oxygens (including phenoxy) is 1. The Morgan fingerprint density at radius 3 is 2.50 bits per heavy atom. The molecule has 1 aromatic rings. The summed E-state index contributed by atoms with van der Waals surface area (Å²) in [6.45, 7) is 12.5. The first-order valence-electron chi connectivity index (χ1n) is 10.6. The van der Waals surface area contributed by atoms with Crippen LogP contribution >= 0.6 is 11.3 Å². The Morgan fingerprint density at radius 1 is 1.40 bits per heavy atom. The molecule has 30 heavy (non-hydrogen) atoms. The van der Waals surface area contributed by atoms with Crippen molar-refractivity contribution in [1.29, 1.82) is 0 Å². The molecule has 1 aliphatic carbocycles. The summed E-state index contributed by atoms with van der Waals surface area (Å²) < 4.78 is 5.44. The molecule has 2 rings (SSSR count). The van der Waals surface area contributed by atoms with E-state index in [4.69, 9.17) is 16.3 Å². The van der Waals surface area contributed by atoms with Crippen molar-refractivity contribution in [2.45, 2.75) is 73.0 Å². The van der Waals surface area contributed by atoms with Gasteiger partial charge in [0.15, 0.2) is 0 Å². The Morgan fingerprint density at radius 2 is 2.03 bits per heavy atom. The van der Waals surface area contributed by atoms with Crippen molar-refractivity contribution in [2.75, 3.05) is 14.2 Å². The van der Waals surface area contributed by atoms with Crippen molar-refractivity contribution in [3.8, 4) is 0 Å². The summed E-state index contributed by atoms with van der Waals surface area (Å²) in [6.07, 6.45) is 11.5. The third kappa shape index (κ3) is 11.6. The predicted octanol–water partition coefficient (Wildman–Crippen LogP) is 4.20. The highest BCUT2D eigenvalue weighted by molar-refractivity contribution is 7.09. The predicted molar refractivity (Wildman–Crippen MR) is 131 cm³/mol. The van der Waals surface area contributed by atoms with E-state index >= 15 is 0 Å². The number of allylic oxidation sites excluding steroid dienone is 2. The summed E-state index contributed by atoms with van der Waals surface area (Å²) in [5.41, 5.74) is 10.4. The highest BCUT2D eigenvalue weighted by Crippen LogP contribution is 2.28. The minimum Gasteiger partial charge on any atom is -0.496 e. The SMILES string of the molecule is CC.CNC(C)N.COC1=CCC(NN)C=C1/C=C/CC(C)(C)Cc1csc(C)n1. The summed E-state index contributed by atoms with van der Waals surface area (Å²) in [5, 5.41) is 6.10. The number of aryl methyl sites for hydroxylation is 1. The molecule has 0 bridgehead atoms. The molecule has 2 unspecified atom stereocenters. The molecule has 0 aliphatic heterocycles. The van der Waals surface area contributed by atoms with Crippen molar-refractivity contribution in [2.24, 2.45) is 17.0 Å².